The fourth-order valence-corrected chi connectivity index (χ4v) is 3.46. The molecule has 1 N–H and O–H groups in total. The Labute approximate surface area is 185 Å². The maximum absolute atomic E-state index is 10.9. The highest BCUT2D eigenvalue weighted by Gasteiger charge is 2.13. The Hall–Kier alpha value is -3.07. The lowest BCUT2D eigenvalue weighted by Crippen LogP contribution is -2.10. The van der Waals surface area contributed by atoms with E-state index in [0.29, 0.717) is 18.1 Å². The van der Waals surface area contributed by atoms with Crippen LogP contribution >= 0.6 is 0 Å². The predicted octanol–water partition coefficient (Wildman–Crippen LogP) is 7.00. The van der Waals surface area contributed by atoms with E-state index in [1.54, 1.807) is 12.1 Å². The van der Waals surface area contributed by atoms with Gasteiger partial charge in [-0.1, -0.05) is 76.2 Å². The Morgan fingerprint density at radius 2 is 1.42 bits per heavy atom. The summed E-state index contributed by atoms with van der Waals surface area (Å²) in [5.74, 6) is 0.401. The van der Waals surface area contributed by atoms with Crippen LogP contribution in [-0.2, 0) is 11.8 Å². The molecule has 0 saturated heterocycles. The second kappa shape index (κ2) is 9.82. The highest BCUT2D eigenvalue weighted by Crippen LogP contribution is 2.27. The van der Waals surface area contributed by atoms with Crippen molar-refractivity contribution in [1.29, 1.82) is 0 Å². The highest BCUT2D eigenvalue weighted by molar-refractivity contribution is 5.87. The molecule has 0 saturated carbocycles. The molecule has 1 atom stereocenters. The average molecular weight is 417 g/mol. The molecule has 3 rings (SSSR count). The molecular formula is C28H32O3. The van der Waals surface area contributed by atoms with E-state index in [-0.39, 0.29) is 5.41 Å². The standard InChI is InChI=1S/C28H32O3/c1-20(5-6-21-7-9-24(10-8-21)27(29)30)19-31-26-17-13-23(14-18-26)22-11-15-25(16-12-22)28(2,3)4/h7-18,20H,5-6,19H2,1-4H3,(H,29,30). The third-order valence-corrected chi connectivity index (χ3v) is 5.60. The van der Waals surface area contributed by atoms with Crippen molar-refractivity contribution in [3.63, 3.8) is 0 Å². The molecular weight excluding hydrogens is 384 g/mol. The van der Waals surface area contributed by atoms with Gasteiger partial charge in [-0.05, 0) is 70.7 Å². The number of carboxylic acids is 1. The molecule has 0 spiro atoms. The van der Waals surface area contributed by atoms with Crippen molar-refractivity contribution in [1.82, 2.24) is 0 Å². The smallest absolute Gasteiger partial charge is 0.335 e. The Morgan fingerprint density at radius 3 is 1.94 bits per heavy atom. The normalized spacial score (nSPS) is 12.4. The van der Waals surface area contributed by atoms with Crippen LogP contribution in [0.3, 0.4) is 0 Å². The molecule has 3 heteroatoms. The molecule has 0 bridgehead atoms. The van der Waals surface area contributed by atoms with E-state index < -0.39 is 5.97 Å². The summed E-state index contributed by atoms with van der Waals surface area (Å²) in [5, 5.41) is 8.98. The molecule has 0 aliphatic carbocycles. The van der Waals surface area contributed by atoms with Gasteiger partial charge >= 0.3 is 5.97 Å². The molecule has 0 fully saturated rings. The number of ether oxygens (including phenoxy) is 1. The Morgan fingerprint density at radius 1 is 0.871 bits per heavy atom. The molecule has 1 unspecified atom stereocenters. The quantitative estimate of drug-likeness (QED) is 0.430. The summed E-state index contributed by atoms with van der Waals surface area (Å²) in [6.07, 6.45) is 1.90. The van der Waals surface area contributed by atoms with E-state index in [1.165, 1.54) is 16.7 Å². The highest BCUT2D eigenvalue weighted by atomic mass is 16.5. The second-order valence-corrected chi connectivity index (χ2v) is 9.31. The lowest BCUT2D eigenvalue weighted by Gasteiger charge is -2.19. The minimum absolute atomic E-state index is 0.162. The van der Waals surface area contributed by atoms with Gasteiger partial charge in [0.1, 0.15) is 5.75 Å². The number of benzene rings is 3. The summed E-state index contributed by atoms with van der Waals surface area (Å²) in [5.41, 5.74) is 5.37. The third kappa shape index (κ3) is 6.45. The van der Waals surface area contributed by atoms with Gasteiger partial charge in [-0.3, -0.25) is 0 Å². The number of carbonyl (C=O) groups is 1. The number of carboxylic acid groups (broad SMARTS) is 1. The number of rotatable bonds is 8. The van der Waals surface area contributed by atoms with E-state index in [4.69, 9.17) is 9.84 Å². The molecule has 0 radical (unpaired) electrons. The molecule has 0 amide bonds. The van der Waals surface area contributed by atoms with Crippen LogP contribution < -0.4 is 4.74 Å². The van der Waals surface area contributed by atoms with Crippen LogP contribution in [0.5, 0.6) is 5.75 Å². The molecule has 0 aliphatic rings. The predicted molar refractivity (Wildman–Crippen MR) is 127 cm³/mol. The first-order valence-corrected chi connectivity index (χ1v) is 10.9. The number of hydrogen-bond donors (Lipinski definition) is 1. The average Bonchev–Trinajstić information content (AvgIpc) is 2.76. The summed E-state index contributed by atoms with van der Waals surface area (Å²) in [7, 11) is 0. The lowest BCUT2D eigenvalue weighted by atomic mass is 9.86. The largest absolute Gasteiger partial charge is 0.493 e. The number of hydrogen-bond acceptors (Lipinski definition) is 2. The van der Waals surface area contributed by atoms with E-state index in [1.807, 2.05) is 24.3 Å². The fourth-order valence-electron chi connectivity index (χ4n) is 3.46. The van der Waals surface area contributed by atoms with Gasteiger partial charge in [0, 0.05) is 0 Å². The van der Waals surface area contributed by atoms with Crippen LogP contribution in [-0.4, -0.2) is 17.7 Å². The van der Waals surface area contributed by atoms with Crippen LogP contribution in [0.4, 0.5) is 0 Å². The van der Waals surface area contributed by atoms with E-state index >= 15 is 0 Å². The fraction of sp³-hybridized carbons (Fsp3) is 0.321. The van der Waals surface area contributed by atoms with Crippen molar-refractivity contribution in [2.24, 2.45) is 5.92 Å². The summed E-state index contributed by atoms with van der Waals surface area (Å²) in [6, 6.07) is 24.2. The van der Waals surface area contributed by atoms with Crippen LogP contribution in [0.25, 0.3) is 11.1 Å². The molecule has 0 heterocycles. The molecule has 3 nitrogen and oxygen atoms in total. The van der Waals surface area contributed by atoms with Crippen LogP contribution in [0.1, 0.15) is 55.6 Å². The molecule has 31 heavy (non-hydrogen) atoms. The summed E-state index contributed by atoms with van der Waals surface area (Å²) < 4.78 is 5.98. The number of aryl methyl sites for hydroxylation is 1. The first-order valence-electron chi connectivity index (χ1n) is 10.9. The van der Waals surface area contributed by atoms with Gasteiger partial charge < -0.3 is 9.84 Å². The minimum atomic E-state index is -0.888. The van der Waals surface area contributed by atoms with E-state index in [0.717, 1.165) is 24.2 Å². The third-order valence-electron chi connectivity index (χ3n) is 5.60. The molecule has 3 aromatic carbocycles. The van der Waals surface area contributed by atoms with Crippen LogP contribution in [0, 0.1) is 5.92 Å². The minimum Gasteiger partial charge on any atom is -0.493 e. The van der Waals surface area contributed by atoms with E-state index in [9.17, 15) is 4.79 Å². The van der Waals surface area contributed by atoms with Crippen LogP contribution in [0.2, 0.25) is 0 Å². The van der Waals surface area contributed by atoms with Crippen molar-refractivity contribution in [2.45, 2.75) is 46.0 Å². The zero-order valence-corrected chi connectivity index (χ0v) is 18.9. The Kier molecular flexibility index (Phi) is 7.17. The Balaban J connectivity index is 1.49. The summed E-state index contributed by atoms with van der Waals surface area (Å²) >= 11 is 0. The van der Waals surface area contributed by atoms with Crippen molar-refractivity contribution < 1.29 is 14.6 Å². The van der Waals surface area contributed by atoms with Crippen molar-refractivity contribution >= 4 is 5.97 Å². The topological polar surface area (TPSA) is 46.5 Å². The second-order valence-electron chi connectivity index (χ2n) is 9.31. The number of aromatic carboxylic acids is 1. The first-order chi connectivity index (χ1) is 14.7. The van der Waals surface area contributed by atoms with Gasteiger partial charge in [-0.2, -0.15) is 0 Å². The van der Waals surface area contributed by atoms with Gasteiger partial charge in [0.15, 0.2) is 0 Å². The Bertz CT molecular complexity index is 978. The van der Waals surface area contributed by atoms with E-state index in [2.05, 4.69) is 64.1 Å². The maximum atomic E-state index is 10.9. The SMILES string of the molecule is CC(CCc1ccc(C(=O)O)cc1)COc1ccc(-c2ccc(C(C)(C)C)cc2)cc1. The van der Waals surface area contributed by atoms with Crippen molar-refractivity contribution in [2.75, 3.05) is 6.61 Å². The summed E-state index contributed by atoms with van der Waals surface area (Å²) in [4.78, 5) is 10.9. The molecule has 162 valence electrons. The van der Waals surface area contributed by atoms with Gasteiger partial charge in [0.25, 0.3) is 0 Å². The molecule has 0 aliphatic heterocycles. The van der Waals surface area contributed by atoms with Gasteiger partial charge in [-0.25, -0.2) is 4.79 Å². The van der Waals surface area contributed by atoms with Crippen LogP contribution in [0.15, 0.2) is 72.8 Å². The first kappa shape index (κ1) is 22.6. The zero-order chi connectivity index (χ0) is 22.4. The van der Waals surface area contributed by atoms with Gasteiger partial charge in [0.05, 0.1) is 12.2 Å². The monoisotopic (exact) mass is 416 g/mol. The summed E-state index contributed by atoms with van der Waals surface area (Å²) in [6.45, 7) is 9.52. The van der Waals surface area contributed by atoms with Gasteiger partial charge in [0.2, 0.25) is 0 Å². The van der Waals surface area contributed by atoms with Crippen molar-refractivity contribution in [3.8, 4) is 16.9 Å². The lowest BCUT2D eigenvalue weighted by molar-refractivity contribution is 0.0697. The molecule has 3 aromatic rings. The van der Waals surface area contributed by atoms with Crippen molar-refractivity contribution in [3.05, 3.63) is 89.5 Å². The maximum Gasteiger partial charge on any atom is 0.335 e. The van der Waals surface area contributed by atoms with Gasteiger partial charge in [-0.15, -0.1) is 0 Å². The molecule has 0 aromatic heterocycles. The zero-order valence-electron chi connectivity index (χ0n) is 18.9.